The number of nitrogens with zero attached hydrogens (tertiary/aromatic N) is 1. The molecular formula is C8H14ClNSeSn. The van der Waals surface area contributed by atoms with E-state index in [1.165, 1.54) is 5.56 Å². The Bertz CT molecular complexity index is 175. The number of rotatable bonds is 0. The minimum atomic E-state index is 0. The maximum Gasteiger partial charge on any atom is 2.00 e. The second kappa shape index (κ2) is 11.8. The zero-order chi connectivity index (χ0) is 5.98. The monoisotopic (exact) mass is 359 g/mol. The zero-order valence-electron chi connectivity index (χ0n) is 5.47. The van der Waals surface area contributed by atoms with E-state index in [4.69, 9.17) is 0 Å². The van der Waals surface area contributed by atoms with Gasteiger partial charge in [0, 0.05) is 0 Å². The van der Waals surface area contributed by atoms with E-state index in [-0.39, 0.29) is 51.2 Å². The summed E-state index contributed by atoms with van der Waals surface area (Å²) in [4.78, 5) is 4.02. The molecule has 1 heterocycles. The van der Waals surface area contributed by atoms with Crippen LogP contribution in [0.1, 0.15) is 20.4 Å². The number of aryl methyl sites for hydroxylation is 1. The van der Waals surface area contributed by atoms with Gasteiger partial charge < -0.3 is 12.4 Å². The molecule has 12 heavy (non-hydrogen) atoms. The molecule has 0 aliphatic rings. The van der Waals surface area contributed by atoms with Crippen molar-refractivity contribution in [3.63, 3.8) is 0 Å². The summed E-state index contributed by atoms with van der Waals surface area (Å²) in [5, 5.41) is 0. The van der Waals surface area contributed by atoms with E-state index >= 15 is 0 Å². The molecule has 1 nitrogen and oxygen atoms in total. The maximum atomic E-state index is 4.02. The predicted molar refractivity (Wildman–Crippen MR) is 53.6 cm³/mol. The molecule has 0 unspecified atom stereocenters. The predicted octanol–water partition coefficient (Wildman–Crippen LogP) is -1.92. The summed E-state index contributed by atoms with van der Waals surface area (Å²) in [5.74, 6) is 0. The third-order valence-electron chi connectivity index (χ3n) is 0.961. The third-order valence-corrected chi connectivity index (χ3v) is 1.86. The maximum absolute atomic E-state index is 4.02. The van der Waals surface area contributed by atoms with Crippen molar-refractivity contribution in [2.75, 3.05) is 0 Å². The molecule has 0 fully saturated rings. The molecule has 0 bridgehead atoms. The van der Waals surface area contributed by atoms with E-state index in [2.05, 4.69) is 21.0 Å². The van der Waals surface area contributed by atoms with Gasteiger partial charge in [0.15, 0.2) is 0 Å². The van der Waals surface area contributed by atoms with Gasteiger partial charge in [-0.3, -0.25) is 0 Å². The van der Waals surface area contributed by atoms with Crippen LogP contribution in [0.5, 0.6) is 0 Å². The van der Waals surface area contributed by atoms with Crippen molar-refractivity contribution >= 4 is 44.5 Å². The van der Waals surface area contributed by atoms with Crippen molar-refractivity contribution in [3.8, 4) is 0 Å². The average Bonchev–Trinajstić information content (AvgIpc) is 1.77. The van der Waals surface area contributed by atoms with Gasteiger partial charge in [0.1, 0.15) is 0 Å². The number of aromatic nitrogens is 1. The van der Waals surface area contributed by atoms with Crippen LogP contribution in [0.2, 0.25) is 0 Å². The summed E-state index contributed by atoms with van der Waals surface area (Å²) < 4.78 is 0.993. The van der Waals surface area contributed by atoms with E-state index in [0.717, 1.165) is 4.59 Å². The van der Waals surface area contributed by atoms with E-state index in [0.29, 0.717) is 0 Å². The van der Waals surface area contributed by atoms with E-state index in [1.54, 1.807) is 6.20 Å². The molecule has 68 valence electrons. The Morgan fingerprint density at radius 1 is 1.33 bits per heavy atom. The van der Waals surface area contributed by atoms with Crippen molar-refractivity contribution in [2.45, 2.75) is 21.8 Å². The summed E-state index contributed by atoms with van der Waals surface area (Å²) >= 11 is 2.86. The van der Waals surface area contributed by atoms with Crippen molar-refractivity contribution < 1.29 is 12.4 Å². The molecular weight excluding hydrogens is 343 g/mol. The number of pyridine rings is 1. The molecule has 4 heteroatoms. The summed E-state index contributed by atoms with van der Waals surface area (Å²) in [7, 11) is 0. The first-order chi connectivity index (χ1) is 3.80. The number of hydrogen-bond donors (Lipinski definition) is 0. The van der Waals surface area contributed by atoms with Crippen molar-refractivity contribution in [2.24, 2.45) is 0 Å². The molecule has 0 saturated carbocycles. The topological polar surface area (TPSA) is 12.9 Å². The van der Waals surface area contributed by atoms with Gasteiger partial charge in [0.25, 0.3) is 0 Å². The van der Waals surface area contributed by atoms with Gasteiger partial charge in [-0.05, 0) is 0 Å². The molecule has 0 aromatic carbocycles. The molecule has 1 aromatic rings. The van der Waals surface area contributed by atoms with Crippen LogP contribution in [-0.2, 0) is 0 Å². The van der Waals surface area contributed by atoms with Crippen molar-refractivity contribution in [1.29, 1.82) is 0 Å². The molecule has 0 spiro atoms. The molecule has 0 aliphatic carbocycles. The number of hydrogen-bond acceptors (Lipinski definition) is 1. The van der Waals surface area contributed by atoms with Crippen LogP contribution in [0.15, 0.2) is 18.3 Å². The zero-order valence-corrected chi connectivity index (χ0v) is 10.8. The summed E-state index contributed by atoms with van der Waals surface area (Å²) in [6.07, 6.45) is 1.78. The largest absolute Gasteiger partial charge is 2.00 e. The normalized spacial score (nSPS) is 6.08. The summed E-state index contributed by atoms with van der Waals surface area (Å²) in [5.41, 5.74) is 1.20. The first-order valence-electron chi connectivity index (χ1n) is 2.39. The van der Waals surface area contributed by atoms with Gasteiger partial charge in [-0.15, -0.1) is 0 Å². The van der Waals surface area contributed by atoms with Crippen LogP contribution in [0, 0.1) is 6.92 Å². The second-order valence-electron chi connectivity index (χ2n) is 1.63. The summed E-state index contributed by atoms with van der Waals surface area (Å²) in [6.45, 7) is 2.03. The van der Waals surface area contributed by atoms with Crippen molar-refractivity contribution in [3.05, 3.63) is 23.9 Å². The van der Waals surface area contributed by atoms with E-state index in [9.17, 15) is 0 Å². The molecule has 0 saturated heterocycles. The quantitative estimate of drug-likeness (QED) is 0.494. The fraction of sp³-hybridized carbons (Fsp3) is 0.375. The molecule has 0 amide bonds. The van der Waals surface area contributed by atoms with Crippen LogP contribution in [-0.4, -0.2) is 44.9 Å². The van der Waals surface area contributed by atoms with Crippen LogP contribution >= 0.6 is 0 Å². The Morgan fingerprint density at radius 2 is 1.83 bits per heavy atom. The Balaban J connectivity index is -0.0000000800. The fourth-order valence-electron chi connectivity index (χ4n) is 0.471. The van der Waals surface area contributed by atoms with Crippen LogP contribution in [0.25, 0.3) is 0 Å². The summed E-state index contributed by atoms with van der Waals surface area (Å²) in [6, 6.07) is 3.95. The SMILES string of the molecule is C.C.Cc1cccnc1[Se-].[Cl-].[Sn+2]. The fourth-order valence-corrected chi connectivity index (χ4v) is 0.742. The number of halogens is 1. The second-order valence-corrected chi connectivity index (χ2v) is 2.44. The van der Waals surface area contributed by atoms with Crippen molar-refractivity contribution in [1.82, 2.24) is 4.98 Å². The van der Waals surface area contributed by atoms with Gasteiger partial charge in [0.2, 0.25) is 0 Å². The van der Waals surface area contributed by atoms with E-state index < -0.39 is 0 Å². The first kappa shape index (κ1) is 23.0. The minimum absolute atomic E-state index is 0. The van der Waals surface area contributed by atoms with Gasteiger partial charge >= 0.3 is 80.3 Å². The first-order valence-corrected chi connectivity index (χ1v) is 3.25. The Kier molecular flexibility index (Phi) is 22.5. The Labute approximate surface area is 107 Å². The molecule has 0 N–H and O–H groups in total. The Morgan fingerprint density at radius 3 is 2.08 bits per heavy atom. The van der Waals surface area contributed by atoms with Crippen LogP contribution in [0.3, 0.4) is 0 Å². The van der Waals surface area contributed by atoms with Gasteiger partial charge in [-0.25, -0.2) is 0 Å². The van der Waals surface area contributed by atoms with E-state index in [1.807, 2.05) is 19.1 Å². The van der Waals surface area contributed by atoms with Crippen LogP contribution < -0.4 is 17.0 Å². The van der Waals surface area contributed by atoms with Gasteiger partial charge in [-0.2, -0.15) is 0 Å². The smallest absolute Gasteiger partial charge is 1.00 e. The molecule has 1 rings (SSSR count). The van der Waals surface area contributed by atoms with Gasteiger partial charge in [0.05, 0.1) is 0 Å². The molecule has 2 radical (unpaired) electrons. The average molecular weight is 357 g/mol. The standard InChI is InChI=1S/C6H7NSe.2CH4.ClH.Sn/c1-5-3-2-4-7-6(5)8;;;;/h2-4H,1H3,(H,7,8);2*1H4;1H;/q;;;;+2/p-2. The van der Waals surface area contributed by atoms with Crippen LogP contribution in [0.4, 0.5) is 0 Å². The van der Waals surface area contributed by atoms with Gasteiger partial charge in [-0.1, -0.05) is 14.9 Å². The minimum Gasteiger partial charge on any atom is -1.00 e. The molecule has 1 aromatic heterocycles. The third kappa shape index (κ3) is 7.41. The Hall–Kier alpha value is 0.758. The molecule has 0 atom stereocenters. The molecule has 0 aliphatic heterocycles.